The number of fused-ring (bicyclic) bond motifs is 1. The summed E-state index contributed by atoms with van der Waals surface area (Å²) < 4.78 is 19.0. The molecule has 7 heteroatoms. The summed E-state index contributed by atoms with van der Waals surface area (Å²) in [5.74, 6) is -0.143. The highest BCUT2D eigenvalue weighted by molar-refractivity contribution is 7.71. The van der Waals surface area contributed by atoms with Gasteiger partial charge in [-0.05, 0) is 36.8 Å². The van der Waals surface area contributed by atoms with E-state index in [2.05, 4.69) is 15.8 Å². The predicted octanol–water partition coefficient (Wildman–Crippen LogP) is 3.17. The van der Waals surface area contributed by atoms with Gasteiger partial charge in [0, 0.05) is 23.7 Å². The molecule has 128 valence electrons. The number of benzene rings is 1. The van der Waals surface area contributed by atoms with Crippen LogP contribution in [0.3, 0.4) is 0 Å². The van der Waals surface area contributed by atoms with Crippen LogP contribution in [0.25, 0.3) is 5.76 Å². The Hall–Kier alpha value is -2.35. The second kappa shape index (κ2) is 6.18. The first-order valence-corrected chi connectivity index (χ1v) is 8.36. The van der Waals surface area contributed by atoms with Crippen molar-refractivity contribution in [1.82, 2.24) is 15.8 Å². The van der Waals surface area contributed by atoms with Crippen LogP contribution in [0.15, 0.2) is 36.4 Å². The number of rotatable bonds is 2. The lowest BCUT2D eigenvalue weighted by molar-refractivity contribution is 0.0714. The average Bonchev–Trinajstić information content (AvgIpc) is 3.14. The van der Waals surface area contributed by atoms with Gasteiger partial charge in [0.2, 0.25) is 0 Å². The molecule has 4 rings (SSSR count). The van der Waals surface area contributed by atoms with E-state index in [9.17, 15) is 9.18 Å². The highest BCUT2D eigenvalue weighted by Crippen LogP contribution is 2.35. The first-order chi connectivity index (χ1) is 12.0. The van der Waals surface area contributed by atoms with Gasteiger partial charge in [-0.25, -0.2) is 14.6 Å². The van der Waals surface area contributed by atoms with E-state index in [-0.39, 0.29) is 17.8 Å². The number of esters is 1. The van der Waals surface area contributed by atoms with Gasteiger partial charge in [-0.2, -0.15) is 0 Å². The van der Waals surface area contributed by atoms with Crippen LogP contribution in [0.4, 0.5) is 4.39 Å². The molecule has 5 nitrogen and oxygen atoms in total. The quantitative estimate of drug-likeness (QED) is 0.569. The maximum atomic E-state index is 13.2. The summed E-state index contributed by atoms with van der Waals surface area (Å²) in [7, 11) is 0. The molecule has 2 aromatic rings. The Bertz CT molecular complexity index is 936. The van der Waals surface area contributed by atoms with Crippen molar-refractivity contribution in [2.45, 2.75) is 13.0 Å². The van der Waals surface area contributed by atoms with Gasteiger partial charge in [0.15, 0.2) is 0 Å². The van der Waals surface area contributed by atoms with Gasteiger partial charge >= 0.3 is 5.97 Å². The fourth-order valence-corrected chi connectivity index (χ4v) is 3.63. The van der Waals surface area contributed by atoms with Gasteiger partial charge in [-0.15, -0.1) is 0 Å². The molecule has 1 saturated heterocycles. The van der Waals surface area contributed by atoms with Crippen molar-refractivity contribution in [3.8, 4) is 0 Å². The molecule has 3 heterocycles. The van der Waals surface area contributed by atoms with Crippen LogP contribution in [0, 0.1) is 23.3 Å². The molecular weight excluding hydrogens is 341 g/mol. The number of nitrogens with one attached hydrogen (secondary N) is 3. The molecule has 3 N–H and O–H groups in total. The number of hydrogen-bond donors (Lipinski definition) is 3. The number of hydrogen-bond acceptors (Lipinski definition) is 5. The number of halogens is 1. The van der Waals surface area contributed by atoms with Gasteiger partial charge in [0.25, 0.3) is 0 Å². The van der Waals surface area contributed by atoms with Crippen LogP contribution in [-0.2, 0) is 4.74 Å². The van der Waals surface area contributed by atoms with Crippen molar-refractivity contribution in [3.05, 3.63) is 69.2 Å². The number of carbonyl (C=O) groups is 1. The fraction of sp³-hybridized carbons (Fsp3) is 0.222. The summed E-state index contributed by atoms with van der Waals surface area (Å²) in [5.41, 5.74) is 9.25. The van der Waals surface area contributed by atoms with E-state index in [1.807, 2.05) is 19.1 Å². The third-order valence-corrected chi connectivity index (χ3v) is 4.76. The highest BCUT2D eigenvalue weighted by atomic mass is 32.1. The largest absolute Gasteiger partial charge is 0.422 e. The monoisotopic (exact) mass is 357 g/mol. The number of ether oxygens (including phenoxy) is 1. The topological polar surface area (TPSA) is 66.2 Å². The minimum atomic E-state index is -0.431. The van der Waals surface area contributed by atoms with E-state index in [4.69, 9.17) is 17.0 Å². The van der Waals surface area contributed by atoms with Gasteiger partial charge < -0.3 is 9.72 Å². The number of pyridine rings is 1. The van der Waals surface area contributed by atoms with Crippen molar-refractivity contribution in [3.63, 3.8) is 0 Å². The molecule has 0 amide bonds. The summed E-state index contributed by atoms with van der Waals surface area (Å²) in [6.45, 7) is 2.55. The van der Waals surface area contributed by atoms with E-state index in [1.165, 1.54) is 12.1 Å². The Labute approximate surface area is 148 Å². The van der Waals surface area contributed by atoms with Crippen LogP contribution in [-0.4, -0.2) is 17.5 Å². The first kappa shape index (κ1) is 16.1. The molecule has 2 unspecified atom stereocenters. The lowest BCUT2D eigenvalue weighted by atomic mass is 9.93. The zero-order chi connectivity index (χ0) is 17.6. The summed E-state index contributed by atoms with van der Waals surface area (Å²) in [6, 6.07) is 8.20. The van der Waals surface area contributed by atoms with Crippen molar-refractivity contribution in [2.75, 3.05) is 6.54 Å². The number of cyclic esters (lactones) is 1. The molecule has 2 aliphatic rings. The van der Waals surface area contributed by atoms with Gasteiger partial charge in [0.1, 0.15) is 21.8 Å². The molecule has 0 spiro atoms. The number of H-pyrrole nitrogens is 1. The molecule has 1 aromatic carbocycles. The van der Waals surface area contributed by atoms with E-state index in [0.29, 0.717) is 22.5 Å². The first-order valence-electron chi connectivity index (χ1n) is 7.95. The molecular formula is C18H16FN3O2S. The Morgan fingerprint density at radius 3 is 2.84 bits per heavy atom. The van der Waals surface area contributed by atoms with E-state index in [1.54, 1.807) is 12.1 Å². The van der Waals surface area contributed by atoms with Crippen LogP contribution < -0.4 is 10.9 Å². The molecule has 2 aliphatic heterocycles. The van der Waals surface area contributed by atoms with Crippen LogP contribution in [0.1, 0.15) is 33.2 Å². The second-order valence-corrected chi connectivity index (χ2v) is 6.62. The molecule has 1 fully saturated rings. The summed E-state index contributed by atoms with van der Waals surface area (Å²) in [6.07, 6.45) is 1.93. The minimum absolute atomic E-state index is 0.0391. The van der Waals surface area contributed by atoms with Gasteiger partial charge in [-0.1, -0.05) is 24.4 Å². The molecule has 0 bridgehead atoms. The third kappa shape index (κ3) is 2.90. The van der Waals surface area contributed by atoms with E-state index < -0.39 is 5.97 Å². The van der Waals surface area contributed by atoms with E-state index in [0.717, 1.165) is 16.8 Å². The standard InChI is InChI=1S/C18H16FN3O2S/c1-9-6-13-14(24-18(23)15(13)17(25)21-9)7-11-8-20-22-16(11)10-2-4-12(19)5-3-10/h2-7,11,16,20,22H,8H2,1H3,(H,21,25)/b14-7-. The summed E-state index contributed by atoms with van der Waals surface area (Å²) in [5, 5.41) is 0. The SMILES string of the molecule is Cc1cc2c(c(=S)[nH]1)C(=O)O/C2=C\C1CNNC1c1ccc(F)cc1. The Kier molecular flexibility index (Phi) is 3.99. The predicted molar refractivity (Wildman–Crippen MR) is 93.5 cm³/mol. The molecule has 0 aliphatic carbocycles. The smallest absolute Gasteiger partial charge is 0.347 e. The molecule has 25 heavy (non-hydrogen) atoms. The second-order valence-electron chi connectivity index (χ2n) is 6.21. The normalized spacial score (nSPS) is 23.8. The number of hydrazine groups is 1. The van der Waals surface area contributed by atoms with Crippen molar-refractivity contribution < 1.29 is 13.9 Å². The number of aromatic nitrogens is 1. The number of aryl methyl sites for hydroxylation is 1. The van der Waals surface area contributed by atoms with Crippen molar-refractivity contribution >= 4 is 23.9 Å². The highest BCUT2D eigenvalue weighted by Gasteiger charge is 2.32. The molecule has 2 atom stereocenters. The Balaban J connectivity index is 1.71. The van der Waals surface area contributed by atoms with Gasteiger partial charge in [0.05, 0.1) is 6.04 Å². The summed E-state index contributed by atoms with van der Waals surface area (Å²) >= 11 is 5.25. The van der Waals surface area contributed by atoms with Crippen molar-refractivity contribution in [2.24, 2.45) is 5.92 Å². The molecule has 0 radical (unpaired) electrons. The number of carbonyl (C=O) groups excluding carboxylic acids is 1. The maximum Gasteiger partial charge on any atom is 0.347 e. The van der Waals surface area contributed by atoms with E-state index >= 15 is 0 Å². The molecule has 0 saturated carbocycles. The van der Waals surface area contributed by atoms with Crippen LogP contribution in [0.2, 0.25) is 0 Å². The lowest BCUT2D eigenvalue weighted by Crippen LogP contribution is -2.24. The average molecular weight is 357 g/mol. The Morgan fingerprint density at radius 1 is 1.32 bits per heavy atom. The fourth-order valence-electron chi connectivity index (χ4n) is 3.28. The minimum Gasteiger partial charge on any atom is -0.422 e. The van der Waals surface area contributed by atoms with Gasteiger partial charge in [-0.3, -0.25) is 5.43 Å². The zero-order valence-corrected chi connectivity index (χ0v) is 14.2. The lowest BCUT2D eigenvalue weighted by Gasteiger charge is -2.16. The number of aromatic amines is 1. The maximum absolute atomic E-state index is 13.2. The van der Waals surface area contributed by atoms with Crippen LogP contribution >= 0.6 is 12.2 Å². The molecule has 1 aromatic heterocycles. The third-order valence-electron chi connectivity index (χ3n) is 4.46. The zero-order valence-electron chi connectivity index (χ0n) is 13.4. The Morgan fingerprint density at radius 2 is 2.08 bits per heavy atom. The summed E-state index contributed by atoms with van der Waals surface area (Å²) in [4.78, 5) is 15.1. The van der Waals surface area contributed by atoms with Crippen LogP contribution in [0.5, 0.6) is 0 Å². The van der Waals surface area contributed by atoms with Crippen molar-refractivity contribution in [1.29, 1.82) is 0 Å².